The largest absolute Gasteiger partial charge is 0.368 e. The van der Waals surface area contributed by atoms with Crippen LogP contribution in [-0.4, -0.2) is 18.0 Å². The topological polar surface area (TPSA) is 29.5 Å². The standard InChI is InChI=1S/C7H16O2/c1-5-9-6(8)7(2,3)4/h6,8H,5H2,1-4H3. The number of aliphatic hydroxyl groups is 1. The van der Waals surface area contributed by atoms with Crippen LogP contribution in [0.25, 0.3) is 0 Å². The van der Waals surface area contributed by atoms with Crippen molar-refractivity contribution in [3.8, 4) is 0 Å². The average molecular weight is 132 g/mol. The first-order valence-electron chi connectivity index (χ1n) is 3.28. The summed E-state index contributed by atoms with van der Waals surface area (Å²) in [6, 6.07) is 0. The molecule has 0 fully saturated rings. The summed E-state index contributed by atoms with van der Waals surface area (Å²) in [5.41, 5.74) is -0.157. The van der Waals surface area contributed by atoms with E-state index in [2.05, 4.69) is 0 Å². The molecule has 56 valence electrons. The van der Waals surface area contributed by atoms with E-state index >= 15 is 0 Å². The lowest BCUT2D eigenvalue weighted by atomic mass is 9.96. The van der Waals surface area contributed by atoms with Gasteiger partial charge in [-0.05, 0) is 6.92 Å². The van der Waals surface area contributed by atoms with Gasteiger partial charge in [-0.15, -0.1) is 0 Å². The van der Waals surface area contributed by atoms with Crippen LogP contribution in [0, 0.1) is 5.41 Å². The molecule has 2 heteroatoms. The molecule has 0 amide bonds. The lowest BCUT2D eigenvalue weighted by molar-refractivity contribution is -0.155. The highest BCUT2D eigenvalue weighted by Gasteiger charge is 2.21. The van der Waals surface area contributed by atoms with Gasteiger partial charge in [0, 0.05) is 12.0 Å². The minimum Gasteiger partial charge on any atom is -0.368 e. The highest BCUT2D eigenvalue weighted by molar-refractivity contribution is 4.63. The second-order valence-electron chi connectivity index (χ2n) is 3.17. The zero-order chi connectivity index (χ0) is 7.49. The molecule has 0 aromatic rings. The lowest BCUT2D eigenvalue weighted by Crippen LogP contribution is -2.28. The fourth-order valence-electron chi connectivity index (χ4n) is 0.408. The summed E-state index contributed by atoms with van der Waals surface area (Å²) >= 11 is 0. The van der Waals surface area contributed by atoms with E-state index < -0.39 is 6.29 Å². The summed E-state index contributed by atoms with van der Waals surface area (Å²) < 4.78 is 4.96. The van der Waals surface area contributed by atoms with Crippen molar-refractivity contribution < 1.29 is 9.84 Å². The van der Waals surface area contributed by atoms with Gasteiger partial charge in [0.15, 0.2) is 6.29 Å². The van der Waals surface area contributed by atoms with Crippen molar-refractivity contribution in [1.82, 2.24) is 0 Å². The van der Waals surface area contributed by atoms with Gasteiger partial charge >= 0.3 is 0 Å². The van der Waals surface area contributed by atoms with E-state index in [9.17, 15) is 0 Å². The summed E-state index contributed by atoms with van der Waals surface area (Å²) in [6.07, 6.45) is -0.637. The van der Waals surface area contributed by atoms with E-state index in [1.54, 1.807) is 0 Å². The van der Waals surface area contributed by atoms with Crippen LogP contribution in [0.15, 0.2) is 0 Å². The molecule has 0 aliphatic rings. The molecule has 1 unspecified atom stereocenters. The molecule has 9 heavy (non-hydrogen) atoms. The third-order valence-electron chi connectivity index (χ3n) is 1.07. The number of aliphatic hydroxyl groups excluding tert-OH is 1. The van der Waals surface area contributed by atoms with Crippen LogP contribution in [0.4, 0.5) is 0 Å². The normalized spacial score (nSPS) is 15.7. The van der Waals surface area contributed by atoms with Crippen molar-refractivity contribution in [2.75, 3.05) is 6.61 Å². The highest BCUT2D eigenvalue weighted by Crippen LogP contribution is 2.19. The zero-order valence-electron chi connectivity index (χ0n) is 6.64. The van der Waals surface area contributed by atoms with Gasteiger partial charge in [-0.3, -0.25) is 0 Å². The molecule has 1 atom stereocenters. The molecule has 0 spiro atoms. The minimum atomic E-state index is -0.637. The molecule has 0 aliphatic heterocycles. The first kappa shape index (κ1) is 8.92. The van der Waals surface area contributed by atoms with Crippen molar-refractivity contribution in [3.63, 3.8) is 0 Å². The Hall–Kier alpha value is -0.0800. The molecule has 0 aromatic heterocycles. The molecule has 2 nitrogen and oxygen atoms in total. The Balaban J connectivity index is 3.59. The van der Waals surface area contributed by atoms with Crippen LogP contribution in [0.1, 0.15) is 27.7 Å². The van der Waals surface area contributed by atoms with Crippen molar-refractivity contribution in [2.24, 2.45) is 5.41 Å². The second-order valence-corrected chi connectivity index (χ2v) is 3.17. The highest BCUT2D eigenvalue weighted by atomic mass is 16.6. The van der Waals surface area contributed by atoms with E-state index in [1.165, 1.54) is 0 Å². The predicted octanol–water partition coefficient (Wildman–Crippen LogP) is 1.39. The van der Waals surface area contributed by atoms with Gasteiger partial charge in [0.1, 0.15) is 0 Å². The Morgan fingerprint density at radius 1 is 1.44 bits per heavy atom. The molecule has 0 saturated heterocycles. The Morgan fingerprint density at radius 2 is 1.89 bits per heavy atom. The molecule has 0 heterocycles. The molecule has 0 radical (unpaired) electrons. The van der Waals surface area contributed by atoms with Crippen molar-refractivity contribution >= 4 is 0 Å². The summed E-state index contributed by atoms with van der Waals surface area (Å²) in [5, 5.41) is 9.16. The maximum absolute atomic E-state index is 9.16. The first-order valence-corrected chi connectivity index (χ1v) is 3.28. The number of hydrogen-bond acceptors (Lipinski definition) is 2. The van der Waals surface area contributed by atoms with Crippen LogP contribution >= 0.6 is 0 Å². The van der Waals surface area contributed by atoms with E-state index in [4.69, 9.17) is 9.84 Å². The second kappa shape index (κ2) is 3.18. The van der Waals surface area contributed by atoms with Crippen LogP contribution in [0.2, 0.25) is 0 Å². The molecule has 0 bridgehead atoms. The first-order chi connectivity index (χ1) is 3.98. The molecule has 0 rings (SSSR count). The molecule has 0 saturated carbocycles. The maximum Gasteiger partial charge on any atom is 0.159 e. The number of rotatable bonds is 2. The van der Waals surface area contributed by atoms with Crippen LogP contribution in [0.3, 0.4) is 0 Å². The van der Waals surface area contributed by atoms with Crippen LogP contribution in [-0.2, 0) is 4.74 Å². The van der Waals surface area contributed by atoms with E-state index in [-0.39, 0.29) is 5.41 Å². The third kappa shape index (κ3) is 3.49. The Morgan fingerprint density at radius 3 is 2.00 bits per heavy atom. The van der Waals surface area contributed by atoms with Crippen molar-refractivity contribution in [3.05, 3.63) is 0 Å². The summed E-state index contributed by atoms with van der Waals surface area (Å²) in [5.74, 6) is 0. The van der Waals surface area contributed by atoms with Gasteiger partial charge in [0.05, 0.1) is 0 Å². The van der Waals surface area contributed by atoms with Gasteiger partial charge < -0.3 is 9.84 Å². The molecular weight excluding hydrogens is 116 g/mol. The summed E-state index contributed by atoms with van der Waals surface area (Å²) in [7, 11) is 0. The van der Waals surface area contributed by atoms with Gasteiger partial charge in [-0.25, -0.2) is 0 Å². The number of hydrogen-bond donors (Lipinski definition) is 1. The fraction of sp³-hybridized carbons (Fsp3) is 1.00. The summed E-state index contributed by atoms with van der Waals surface area (Å²) in [4.78, 5) is 0. The maximum atomic E-state index is 9.16. The zero-order valence-corrected chi connectivity index (χ0v) is 6.64. The van der Waals surface area contributed by atoms with Crippen LogP contribution in [0.5, 0.6) is 0 Å². The predicted molar refractivity (Wildman–Crippen MR) is 37.1 cm³/mol. The van der Waals surface area contributed by atoms with Crippen molar-refractivity contribution in [2.45, 2.75) is 34.0 Å². The average Bonchev–Trinajstić information content (AvgIpc) is 1.64. The quantitative estimate of drug-likeness (QED) is 0.575. The smallest absolute Gasteiger partial charge is 0.159 e. The van der Waals surface area contributed by atoms with Gasteiger partial charge in [0.2, 0.25) is 0 Å². The molecular formula is C7H16O2. The molecule has 1 N–H and O–H groups in total. The Kier molecular flexibility index (Phi) is 3.15. The van der Waals surface area contributed by atoms with Crippen LogP contribution < -0.4 is 0 Å². The Bertz CT molecular complexity index is 73.5. The van der Waals surface area contributed by atoms with Gasteiger partial charge in [-0.2, -0.15) is 0 Å². The third-order valence-corrected chi connectivity index (χ3v) is 1.07. The van der Waals surface area contributed by atoms with Crippen molar-refractivity contribution in [1.29, 1.82) is 0 Å². The monoisotopic (exact) mass is 132 g/mol. The number of ether oxygens (including phenoxy) is 1. The SMILES string of the molecule is CCOC(O)C(C)(C)C. The lowest BCUT2D eigenvalue weighted by Gasteiger charge is -2.24. The van der Waals surface area contributed by atoms with E-state index in [1.807, 2.05) is 27.7 Å². The van der Waals surface area contributed by atoms with E-state index in [0.29, 0.717) is 6.61 Å². The van der Waals surface area contributed by atoms with Gasteiger partial charge in [0.25, 0.3) is 0 Å². The summed E-state index contributed by atoms with van der Waals surface area (Å²) in [6.45, 7) is 8.25. The fourth-order valence-corrected chi connectivity index (χ4v) is 0.408. The van der Waals surface area contributed by atoms with E-state index in [0.717, 1.165) is 0 Å². The van der Waals surface area contributed by atoms with Gasteiger partial charge in [-0.1, -0.05) is 20.8 Å². The Labute approximate surface area is 56.8 Å². The molecule has 0 aromatic carbocycles. The molecule has 0 aliphatic carbocycles. The minimum absolute atomic E-state index is 0.157.